The van der Waals surface area contributed by atoms with Crippen molar-refractivity contribution in [2.24, 2.45) is 5.73 Å². The number of benzene rings is 1. The van der Waals surface area contributed by atoms with Crippen LogP contribution in [0.2, 0.25) is 0 Å². The van der Waals surface area contributed by atoms with E-state index in [0.29, 0.717) is 12.4 Å². The number of nitrogens with one attached hydrogen (secondary N) is 1. The predicted octanol–water partition coefficient (Wildman–Crippen LogP) is 1.55. The van der Waals surface area contributed by atoms with E-state index in [2.05, 4.69) is 11.4 Å². The average molecular weight is 292 g/mol. The number of ether oxygens (including phenoxy) is 2. The molecule has 1 unspecified atom stereocenters. The van der Waals surface area contributed by atoms with Gasteiger partial charge in [0.15, 0.2) is 6.61 Å². The molecule has 1 aliphatic rings. The Bertz CT molecular complexity index is 490. The Morgan fingerprint density at radius 3 is 3.10 bits per heavy atom. The fourth-order valence-corrected chi connectivity index (χ4v) is 2.66. The molecule has 5 heteroatoms. The lowest BCUT2D eigenvalue weighted by Gasteiger charge is -2.22. The molecule has 1 amide bonds. The summed E-state index contributed by atoms with van der Waals surface area (Å²) in [6, 6.07) is 5.97. The van der Waals surface area contributed by atoms with Crippen LogP contribution < -0.4 is 15.8 Å². The van der Waals surface area contributed by atoms with E-state index in [1.165, 1.54) is 5.56 Å². The van der Waals surface area contributed by atoms with Crippen LogP contribution in [0.1, 0.15) is 36.9 Å². The Kier molecular flexibility index (Phi) is 5.59. The number of rotatable bonds is 6. The van der Waals surface area contributed by atoms with E-state index in [9.17, 15) is 4.79 Å². The molecular formula is C16H24N2O3. The van der Waals surface area contributed by atoms with E-state index < -0.39 is 0 Å². The molecule has 0 saturated carbocycles. The number of nitrogens with two attached hydrogens (primary N) is 1. The van der Waals surface area contributed by atoms with Gasteiger partial charge in [0.05, 0.1) is 6.61 Å². The van der Waals surface area contributed by atoms with Crippen molar-refractivity contribution in [3.63, 3.8) is 0 Å². The van der Waals surface area contributed by atoms with Crippen molar-refractivity contribution in [3.05, 3.63) is 29.3 Å². The first-order valence-electron chi connectivity index (χ1n) is 7.39. The van der Waals surface area contributed by atoms with Crippen LogP contribution in [0.3, 0.4) is 0 Å². The third-order valence-corrected chi connectivity index (χ3v) is 3.67. The third-order valence-electron chi connectivity index (χ3n) is 3.67. The maximum atomic E-state index is 11.7. The quantitative estimate of drug-likeness (QED) is 0.834. The summed E-state index contributed by atoms with van der Waals surface area (Å²) >= 11 is 0. The van der Waals surface area contributed by atoms with Gasteiger partial charge in [0.2, 0.25) is 0 Å². The molecule has 0 saturated heterocycles. The Labute approximate surface area is 125 Å². The molecule has 0 aromatic heterocycles. The van der Waals surface area contributed by atoms with Gasteiger partial charge in [-0.2, -0.15) is 0 Å². The summed E-state index contributed by atoms with van der Waals surface area (Å²) in [6.07, 6.45) is 3.21. The van der Waals surface area contributed by atoms with Crippen LogP contribution in [-0.2, 0) is 16.0 Å². The number of hydrogen-bond acceptors (Lipinski definition) is 4. The van der Waals surface area contributed by atoms with Gasteiger partial charge in [-0.1, -0.05) is 6.07 Å². The maximum absolute atomic E-state index is 11.7. The number of carbonyl (C=O) groups is 1. The smallest absolute Gasteiger partial charge is 0.258 e. The van der Waals surface area contributed by atoms with Crippen molar-refractivity contribution in [1.82, 2.24) is 5.32 Å². The van der Waals surface area contributed by atoms with E-state index in [1.807, 2.05) is 19.1 Å². The lowest BCUT2D eigenvalue weighted by molar-refractivity contribution is -0.124. The molecular weight excluding hydrogens is 268 g/mol. The number of hydrogen-bond donors (Lipinski definition) is 2. The first kappa shape index (κ1) is 15.8. The predicted molar refractivity (Wildman–Crippen MR) is 81.3 cm³/mol. The molecule has 3 N–H and O–H groups in total. The summed E-state index contributed by atoms with van der Waals surface area (Å²) < 4.78 is 10.5. The molecule has 1 aromatic carbocycles. The highest BCUT2D eigenvalue weighted by molar-refractivity contribution is 5.77. The lowest BCUT2D eigenvalue weighted by Crippen LogP contribution is -2.38. The van der Waals surface area contributed by atoms with Crippen LogP contribution in [-0.4, -0.2) is 32.3 Å². The average Bonchev–Trinajstić information content (AvgIpc) is 2.46. The van der Waals surface area contributed by atoms with Crippen LogP contribution in [0.25, 0.3) is 0 Å². The SMILES string of the molecule is COCC(C)NC(=O)COc1ccc2c(c1)[C@H](N)CCC2. The summed E-state index contributed by atoms with van der Waals surface area (Å²) in [6.45, 7) is 2.38. The number of aryl methyl sites for hydroxylation is 1. The summed E-state index contributed by atoms with van der Waals surface area (Å²) in [7, 11) is 1.61. The zero-order chi connectivity index (χ0) is 15.2. The zero-order valence-corrected chi connectivity index (χ0v) is 12.7. The molecule has 0 spiro atoms. The molecule has 0 radical (unpaired) electrons. The molecule has 0 fully saturated rings. The van der Waals surface area contributed by atoms with Gasteiger partial charge in [0.25, 0.3) is 5.91 Å². The second-order valence-electron chi connectivity index (χ2n) is 5.57. The molecule has 116 valence electrons. The summed E-state index contributed by atoms with van der Waals surface area (Å²) in [4.78, 5) is 11.7. The lowest BCUT2D eigenvalue weighted by atomic mass is 9.88. The first-order valence-corrected chi connectivity index (χ1v) is 7.39. The van der Waals surface area contributed by atoms with Crippen molar-refractivity contribution in [3.8, 4) is 5.75 Å². The van der Waals surface area contributed by atoms with Crippen LogP contribution >= 0.6 is 0 Å². The second-order valence-corrected chi connectivity index (χ2v) is 5.57. The van der Waals surface area contributed by atoms with Crippen molar-refractivity contribution in [2.45, 2.75) is 38.3 Å². The van der Waals surface area contributed by atoms with Gasteiger partial charge in [-0.05, 0) is 49.4 Å². The van der Waals surface area contributed by atoms with E-state index in [-0.39, 0.29) is 24.6 Å². The van der Waals surface area contributed by atoms with Crippen LogP contribution in [0.5, 0.6) is 5.75 Å². The van der Waals surface area contributed by atoms with E-state index in [0.717, 1.165) is 24.8 Å². The topological polar surface area (TPSA) is 73.6 Å². The zero-order valence-electron chi connectivity index (χ0n) is 12.7. The Morgan fingerprint density at radius 1 is 1.52 bits per heavy atom. The van der Waals surface area contributed by atoms with Gasteiger partial charge in [0, 0.05) is 19.2 Å². The van der Waals surface area contributed by atoms with Gasteiger partial charge < -0.3 is 20.5 Å². The third kappa shape index (κ3) is 4.44. The van der Waals surface area contributed by atoms with Crippen LogP contribution in [0, 0.1) is 0 Å². The van der Waals surface area contributed by atoms with Crippen molar-refractivity contribution in [2.75, 3.05) is 20.3 Å². The van der Waals surface area contributed by atoms with E-state index in [4.69, 9.17) is 15.2 Å². The fourth-order valence-electron chi connectivity index (χ4n) is 2.66. The Balaban J connectivity index is 1.89. The Morgan fingerprint density at radius 2 is 2.33 bits per heavy atom. The first-order chi connectivity index (χ1) is 10.1. The number of methoxy groups -OCH3 is 1. The number of fused-ring (bicyclic) bond motifs is 1. The fraction of sp³-hybridized carbons (Fsp3) is 0.562. The minimum atomic E-state index is -0.151. The summed E-state index contributed by atoms with van der Waals surface area (Å²) in [5.41, 5.74) is 8.56. The molecule has 0 aliphatic heterocycles. The van der Waals surface area contributed by atoms with Crippen molar-refractivity contribution < 1.29 is 14.3 Å². The van der Waals surface area contributed by atoms with Crippen molar-refractivity contribution >= 4 is 5.91 Å². The highest BCUT2D eigenvalue weighted by Gasteiger charge is 2.17. The number of carbonyl (C=O) groups excluding carboxylic acids is 1. The maximum Gasteiger partial charge on any atom is 0.258 e. The van der Waals surface area contributed by atoms with Gasteiger partial charge in [0.1, 0.15) is 5.75 Å². The molecule has 0 heterocycles. The van der Waals surface area contributed by atoms with Crippen molar-refractivity contribution in [1.29, 1.82) is 0 Å². The van der Waals surface area contributed by atoms with Gasteiger partial charge >= 0.3 is 0 Å². The molecule has 1 aromatic rings. The summed E-state index contributed by atoms with van der Waals surface area (Å²) in [5, 5.41) is 2.81. The molecule has 0 bridgehead atoms. The molecule has 2 rings (SSSR count). The van der Waals surface area contributed by atoms with E-state index in [1.54, 1.807) is 7.11 Å². The Hall–Kier alpha value is -1.59. The van der Waals surface area contributed by atoms with Crippen LogP contribution in [0.4, 0.5) is 0 Å². The van der Waals surface area contributed by atoms with Gasteiger partial charge in [-0.25, -0.2) is 0 Å². The molecule has 1 aliphatic carbocycles. The van der Waals surface area contributed by atoms with E-state index >= 15 is 0 Å². The van der Waals surface area contributed by atoms with Crippen LogP contribution in [0.15, 0.2) is 18.2 Å². The highest BCUT2D eigenvalue weighted by atomic mass is 16.5. The van der Waals surface area contributed by atoms with Gasteiger partial charge in [-0.3, -0.25) is 4.79 Å². The molecule has 21 heavy (non-hydrogen) atoms. The number of amides is 1. The highest BCUT2D eigenvalue weighted by Crippen LogP contribution is 2.30. The second kappa shape index (κ2) is 7.43. The normalized spacial score (nSPS) is 18.7. The van der Waals surface area contributed by atoms with Gasteiger partial charge in [-0.15, -0.1) is 0 Å². The monoisotopic (exact) mass is 292 g/mol. The minimum absolute atomic E-state index is 0.00206. The minimum Gasteiger partial charge on any atom is -0.484 e. The largest absolute Gasteiger partial charge is 0.484 e. The summed E-state index contributed by atoms with van der Waals surface area (Å²) in [5.74, 6) is 0.544. The standard InChI is InChI=1S/C16H24N2O3/c1-11(9-20-2)18-16(19)10-21-13-7-6-12-4-3-5-15(17)14(12)8-13/h6-8,11,15H,3-5,9-10,17H2,1-2H3,(H,18,19)/t11?,15-/m1/s1. The molecule has 5 nitrogen and oxygen atoms in total. The molecule has 2 atom stereocenters.